The van der Waals surface area contributed by atoms with Crippen molar-refractivity contribution >= 4 is 22.2 Å². The second-order valence-electron chi connectivity index (χ2n) is 8.03. The first-order chi connectivity index (χ1) is 15.2. The van der Waals surface area contributed by atoms with Gasteiger partial charge in [-0.1, -0.05) is 24.3 Å². The summed E-state index contributed by atoms with van der Waals surface area (Å²) in [4.78, 5) is 19.9. The van der Waals surface area contributed by atoms with Gasteiger partial charge in [-0.05, 0) is 35.2 Å². The molecule has 0 bridgehead atoms. The minimum atomic E-state index is 0.0900. The van der Waals surface area contributed by atoms with Gasteiger partial charge in [0.25, 0.3) is 0 Å². The zero-order valence-electron chi connectivity index (χ0n) is 17.6. The minimum Gasteiger partial charge on any atom is -0.369 e. The average molecular weight is 412 g/mol. The molecule has 0 aliphatic carbocycles. The third-order valence-corrected chi connectivity index (χ3v) is 5.81. The molecule has 0 radical (unpaired) electrons. The molecule has 1 fully saturated rings. The maximum absolute atomic E-state index is 13.0. The van der Waals surface area contributed by atoms with Crippen molar-refractivity contribution in [2.75, 3.05) is 31.1 Å². The van der Waals surface area contributed by atoms with Crippen molar-refractivity contribution in [3.63, 3.8) is 0 Å². The van der Waals surface area contributed by atoms with Gasteiger partial charge in [0, 0.05) is 73.5 Å². The molecule has 0 spiro atoms. The van der Waals surface area contributed by atoms with Crippen molar-refractivity contribution in [3.05, 3.63) is 78.4 Å². The van der Waals surface area contributed by atoms with Crippen LogP contribution < -0.4 is 10.2 Å². The van der Waals surface area contributed by atoms with Crippen LogP contribution in [0.3, 0.4) is 0 Å². The Morgan fingerprint density at radius 1 is 1.00 bits per heavy atom. The van der Waals surface area contributed by atoms with Crippen LogP contribution in [0.15, 0.2) is 67.1 Å². The molecule has 6 heteroatoms. The van der Waals surface area contributed by atoms with Crippen molar-refractivity contribution in [2.24, 2.45) is 7.05 Å². The Balaban J connectivity index is 1.37. The number of piperazine rings is 1. The number of benzene rings is 2. The first-order valence-corrected chi connectivity index (χ1v) is 10.6. The molecule has 5 rings (SSSR count). The Hall–Kier alpha value is -3.51. The van der Waals surface area contributed by atoms with E-state index >= 15 is 0 Å². The van der Waals surface area contributed by atoms with E-state index in [0.29, 0.717) is 0 Å². The largest absolute Gasteiger partial charge is 0.369 e. The van der Waals surface area contributed by atoms with Crippen LogP contribution in [0, 0.1) is 0 Å². The van der Waals surface area contributed by atoms with Crippen LogP contribution >= 0.6 is 0 Å². The highest BCUT2D eigenvalue weighted by Gasteiger charge is 2.14. The molecule has 1 saturated heterocycles. The molecular formula is C25H25N5O. The minimum absolute atomic E-state index is 0.0900. The lowest BCUT2D eigenvalue weighted by atomic mass is 10.0. The number of aryl methyl sites for hydroxylation is 1. The summed E-state index contributed by atoms with van der Waals surface area (Å²) in [5.74, 6) is 0.0900. The molecule has 6 nitrogen and oxygen atoms in total. The third-order valence-electron chi connectivity index (χ3n) is 5.81. The average Bonchev–Trinajstić information content (AvgIpc) is 3.25. The summed E-state index contributed by atoms with van der Waals surface area (Å²) in [6.45, 7) is 3.87. The number of fused-ring (bicyclic) bond motifs is 1. The van der Waals surface area contributed by atoms with E-state index in [1.165, 1.54) is 0 Å². The van der Waals surface area contributed by atoms with Gasteiger partial charge < -0.3 is 10.2 Å². The summed E-state index contributed by atoms with van der Waals surface area (Å²) >= 11 is 0. The van der Waals surface area contributed by atoms with Gasteiger partial charge in [0.05, 0.1) is 12.6 Å². The Labute approximate surface area is 181 Å². The predicted octanol–water partition coefficient (Wildman–Crippen LogP) is 3.47. The van der Waals surface area contributed by atoms with Crippen molar-refractivity contribution in [1.82, 2.24) is 20.1 Å². The molecule has 31 heavy (non-hydrogen) atoms. The summed E-state index contributed by atoms with van der Waals surface area (Å²) in [6, 6.07) is 16.3. The molecule has 2 aromatic carbocycles. The van der Waals surface area contributed by atoms with Gasteiger partial charge in [0.15, 0.2) is 5.78 Å². The number of carbonyl (C=O) groups excluding carboxylic acids is 1. The summed E-state index contributed by atoms with van der Waals surface area (Å²) in [6.07, 6.45) is 6.00. The van der Waals surface area contributed by atoms with E-state index in [1.807, 2.05) is 49.9 Å². The molecule has 0 atom stereocenters. The number of hydrogen-bond donors (Lipinski definition) is 1. The third kappa shape index (κ3) is 4.20. The fourth-order valence-electron chi connectivity index (χ4n) is 4.10. The van der Waals surface area contributed by atoms with Crippen molar-refractivity contribution in [2.45, 2.75) is 6.42 Å². The molecular weight excluding hydrogens is 386 g/mol. The monoisotopic (exact) mass is 411 g/mol. The summed E-state index contributed by atoms with van der Waals surface area (Å²) in [5.41, 5.74) is 4.81. The van der Waals surface area contributed by atoms with Crippen molar-refractivity contribution < 1.29 is 4.79 Å². The van der Waals surface area contributed by atoms with E-state index in [0.717, 1.165) is 65.0 Å². The molecule has 1 N–H and O–H groups in total. The fourth-order valence-corrected chi connectivity index (χ4v) is 4.10. The first-order valence-electron chi connectivity index (χ1n) is 10.6. The highest BCUT2D eigenvalue weighted by Crippen LogP contribution is 2.25. The molecule has 1 aliphatic rings. The van der Waals surface area contributed by atoms with Crippen LogP contribution in [-0.4, -0.2) is 46.7 Å². The van der Waals surface area contributed by atoms with Crippen LogP contribution in [-0.2, 0) is 13.5 Å². The number of nitrogens with one attached hydrogen (secondary N) is 1. The molecule has 0 saturated carbocycles. The fraction of sp³-hybridized carbons (Fsp3) is 0.240. The van der Waals surface area contributed by atoms with Crippen molar-refractivity contribution in [3.8, 4) is 11.1 Å². The van der Waals surface area contributed by atoms with Gasteiger partial charge >= 0.3 is 0 Å². The van der Waals surface area contributed by atoms with Crippen molar-refractivity contribution in [1.29, 1.82) is 0 Å². The Morgan fingerprint density at radius 2 is 1.87 bits per heavy atom. The quantitative estimate of drug-likeness (QED) is 0.510. The number of carbonyl (C=O) groups is 1. The number of hydrogen-bond acceptors (Lipinski definition) is 5. The summed E-state index contributed by atoms with van der Waals surface area (Å²) in [7, 11) is 1.91. The van der Waals surface area contributed by atoms with Gasteiger partial charge in [-0.25, -0.2) is 0 Å². The Bertz CT molecular complexity index is 1240. The molecule has 156 valence electrons. The Morgan fingerprint density at radius 3 is 2.68 bits per heavy atom. The summed E-state index contributed by atoms with van der Waals surface area (Å²) < 4.78 is 1.80. The van der Waals surface area contributed by atoms with E-state index < -0.39 is 0 Å². The molecule has 0 unspecified atom stereocenters. The Kier molecular flexibility index (Phi) is 5.22. The van der Waals surface area contributed by atoms with Gasteiger partial charge in [-0.2, -0.15) is 5.10 Å². The summed E-state index contributed by atoms with van der Waals surface area (Å²) in [5, 5.41) is 9.76. The first kappa shape index (κ1) is 19.5. The number of pyridine rings is 1. The highest BCUT2D eigenvalue weighted by molar-refractivity contribution is 5.98. The van der Waals surface area contributed by atoms with Gasteiger partial charge in [-0.15, -0.1) is 0 Å². The van der Waals surface area contributed by atoms with Crippen LogP contribution in [0.5, 0.6) is 0 Å². The normalized spacial score (nSPS) is 14.2. The van der Waals surface area contributed by atoms with E-state index in [-0.39, 0.29) is 12.2 Å². The SMILES string of the molecule is Cn1cc(-c2ccc3cnc(CC(=O)c4cccc(N5CCNCC5)c4)cc3c2)cn1. The zero-order chi connectivity index (χ0) is 21.2. The van der Waals surface area contributed by atoms with Gasteiger partial charge in [0.2, 0.25) is 0 Å². The van der Waals surface area contributed by atoms with Crippen LogP contribution in [0.4, 0.5) is 5.69 Å². The molecule has 3 heterocycles. The number of rotatable bonds is 5. The predicted molar refractivity (Wildman–Crippen MR) is 124 cm³/mol. The molecule has 0 amide bonds. The second kappa shape index (κ2) is 8.32. The second-order valence-corrected chi connectivity index (χ2v) is 8.03. The van der Waals surface area contributed by atoms with E-state index in [1.54, 1.807) is 4.68 Å². The maximum atomic E-state index is 13.0. The number of anilines is 1. The maximum Gasteiger partial charge on any atom is 0.168 e. The van der Waals surface area contributed by atoms with Gasteiger partial charge in [0.1, 0.15) is 0 Å². The molecule has 1 aliphatic heterocycles. The standard InChI is InChI=1S/C25H25N5O/c1-29-17-22(16-28-29)18-5-6-20-15-27-23(12-21(20)11-18)14-25(31)19-3-2-4-24(13-19)30-9-7-26-8-10-30/h2-6,11-13,15-17,26H,7-10,14H2,1H3. The smallest absolute Gasteiger partial charge is 0.168 e. The molecule has 4 aromatic rings. The van der Waals surface area contributed by atoms with Crippen LogP contribution in [0.25, 0.3) is 21.9 Å². The topological polar surface area (TPSA) is 63.1 Å². The van der Waals surface area contributed by atoms with Gasteiger partial charge in [-0.3, -0.25) is 14.5 Å². The van der Waals surface area contributed by atoms with E-state index in [2.05, 4.69) is 44.6 Å². The number of nitrogens with zero attached hydrogens (tertiary/aromatic N) is 4. The lowest BCUT2D eigenvalue weighted by molar-refractivity contribution is 0.0992. The van der Waals surface area contributed by atoms with E-state index in [9.17, 15) is 4.79 Å². The van der Waals surface area contributed by atoms with Crippen LogP contribution in [0.1, 0.15) is 16.1 Å². The zero-order valence-corrected chi connectivity index (χ0v) is 17.6. The number of Topliss-reactive ketones (excluding diaryl/α,β-unsaturated/α-hetero) is 1. The highest BCUT2D eigenvalue weighted by atomic mass is 16.1. The number of ketones is 1. The molecule has 2 aromatic heterocycles. The van der Waals surface area contributed by atoms with E-state index in [4.69, 9.17) is 0 Å². The number of aromatic nitrogens is 3. The lowest BCUT2D eigenvalue weighted by Crippen LogP contribution is -2.43. The lowest BCUT2D eigenvalue weighted by Gasteiger charge is -2.29. The van der Waals surface area contributed by atoms with Crippen LogP contribution in [0.2, 0.25) is 0 Å².